The Hall–Kier alpha value is -3.66. The molecule has 0 aliphatic heterocycles. The van der Waals surface area contributed by atoms with Crippen molar-refractivity contribution in [3.05, 3.63) is 102 Å². The lowest BCUT2D eigenvalue weighted by molar-refractivity contribution is -0.111. The van der Waals surface area contributed by atoms with Gasteiger partial charge in [0, 0.05) is 23.0 Å². The van der Waals surface area contributed by atoms with Gasteiger partial charge in [-0.3, -0.25) is 9.59 Å². The summed E-state index contributed by atoms with van der Waals surface area (Å²) in [5.41, 5.74) is 3.85. The van der Waals surface area contributed by atoms with Gasteiger partial charge in [-0.15, -0.1) is 0 Å². The van der Waals surface area contributed by atoms with Crippen LogP contribution in [0.3, 0.4) is 0 Å². The molecule has 0 aliphatic rings. The summed E-state index contributed by atoms with van der Waals surface area (Å²) in [4.78, 5) is 24.3. The van der Waals surface area contributed by atoms with Gasteiger partial charge in [0.2, 0.25) is 5.91 Å². The van der Waals surface area contributed by atoms with Crippen LogP contribution in [0, 0.1) is 6.92 Å². The van der Waals surface area contributed by atoms with Gasteiger partial charge >= 0.3 is 0 Å². The monoisotopic (exact) mass is 356 g/mol. The van der Waals surface area contributed by atoms with Gasteiger partial charge in [0.1, 0.15) is 0 Å². The number of carbonyl (C=O) groups excluding carboxylic acids is 2. The zero-order chi connectivity index (χ0) is 19.1. The highest BCUT2D eigenvalue weighted by atomic mass is 16.2. The maximum absolute atomic E-state index is 12.3. The van der Waals surface area contributed by atoms with Gasteiger partial charge in [0.25, 0.3) is 5.91 Å². The lowest BCUT2D eigenvalue weighted by Crippen LogP contribution is -2.13. The van der Waals surface area contributed by atoms with Crippen molar-refractivity contribution < 1.29 is 9.59 Å². The van der Waals surface area contributed by atoms with E-state index in [0.717, 1.165) is 11.1 Å². The fraction of sp³-hybridized carbons (Fsp3) is 0.0435. The van der Waals surface area contributed by atoms with Crippen molar-refractivity contribution in [2.24, 2.45) is 0 Å². The fourth-order valence-electron chi connectivity index (χ4n) is 2.58. The zero-order valence-corrected chi connectivity index (χ0v) is 15.0. The van der Waals surface area contributed by atoms with Crippen molar-refractivity contribution in [3.8, 4) is 0 Å². The number of benzene rings is 3. The Labute approximate surface area is 158 Å². The molecule has 0 aliphatic carbocycles. The van der Waals surface area contributed by atoms with E-state index in [4.69, 9.17) is 0 Å². The number of aryl methyl sites for hydroxylation is 1. The summed E-state index contributed by atoms with van der Waals surface area (Å²) in [5, 5.41) is 5.66. The first kappa shape index (κ1) is 18.1. The third kappa shape index (κ3) is 5.16. The van der Waals surface area contributed by atoms with Crippen LogP contribution in [0.25, 0.3) is 6.08 Å². The largest absolute Gasteiger partial charge is 0.323 e. The van der Waals surface area contributed by atoms with Gasteiger partial charge in [0.05, 0.1) is 0 Å². The quantitative estimate of drug-likeness (QED) is 0.639. The van der Waals surface area contributed by atoms with Crippen LogP contribution in [-0.4, -0.2) is 11.8 Å². The number of nitrogens with one attached hydrogen (secondary N) is 2. The maximum atomic E-state index is 12.3. The van der Waals surface area contributed by atoms with E-state index in [1.54, 1.807) is 36.4 Å². The number of amides is 2. The van der Waals surface area contributed by atoms with Gasteiger partial charge in [-0.25, -0.2) is 0 Å². The molecular formula is C23H20N2O2. The minimum absolute atomic E-state index is 0.157. The third-order valence-electron chi connectivity index (χ3n) is 4.03. The molecule has 3 aromatic rings. The molecule has 0 saturated heterocycles. The zero-order valence-electron chi connectivity index (χ0n) is 15.0. The van der Waals surface area contributed by atoms with Crippen LogP contribution in [0.2, 0.25) is 0 Å². The number of carbonyl (C=O) groups is 2. The smallest absolute Gasteiger partial charge is 0.255 e. The van der Waals surface area contributed by atoms with Crippen molar-refractivity contribution in [2.45, 2.75) is 6.92 Å². The molecule has 27 heavy (non-hydrogen) atoms. The molecule has 0 unspecified atom stereocenters. The van der Waals surface area contributed by atoms with Crippen molar-refractivity contribution in [1.29, 1.82) is 0 Å². The summed E-state index contributed by atoms with van der Waals surface area (Å²) in [5.74, 6) is -0.369. The van der Waals surface area contributed by atoms with E-state index < -0.39 is 0 Å². The number of rotatable bonds is 5. The molecule has 0 heterocycles. The highest BCUT2D eigenvalue weighted by molar-refractivity contribution is 6.05. The second kappa shape index (κ2) is 8.63. The van der Waals surface area contributed by atoms with Crippen molar-refractivity contribution >= 4 is 29.3 Å². The molecule has 2 N–H and O–H groups in total. The van der Waals surface area contributed by atoms with E-state index in [9.17, 15) is 9.59 Å². The van der Waals surface area contributed by atoms with Gasteiger partial charge in [-0.1, -0.05) is 48.5 Å². The standard InChI is InChI=1S/C23H20N2O2/c1-17-7-5-6-10-21(17)23(27)25-20-14-12-19(13-15-20)24-22(26)16-11-18-8-3-2-4-9-18/h2-16H,1H3,(H,24,26)(H,25,27)/b16-11+. The Kier molecular flexibility index (Phi) is 5.80. The second-order valence-corrected chi connectivity index (χ2v) is 6.08. The lowest BCUT2D eigenvalue weighted by atomic mass is 10.1. The first-order valence-electron chi connectivity index (χ1n) is 8.63. The Balaban J connectivity index is 1.58. The van der Waals surface area contributed by atoms with E-state index >= 15 is 0 Å². The summed E-state index contributed by atoms with van der Waals surface area (Å²) in [6.07, 6.45) is 3.25. The molecule has 0 radical (unpaired) electrons. The molecule has 0 atom stereocenters. The van der Waals surface area contributed by atoms with E-state index in [0.29, 0.717) is 16.9 Å². The molecule has 0 bridgehead atoms. The summed E-state index contributed by atoms with van der Waals surface area (Å²) in [7, 11) is 0. The van der Waals surface area contributed by atoms with Crippen LogP contribution >= 0.6 is 0 Å². The van der Waals surface area contributed by atoms with Gasteiger partial charge in [-0.05, 0) is 54.5 Å². The van der Waals surface area contributed by atoms with Gasteiger partial charge in [0.15, 0.2) is 0 Å². The highest BCUT2D eigenvalue weighted by Gasteiger charge is 2.08. The predicted octanol–water partition coefficient (Wildman–Crippen LogP) is 4.90. The average molecular weight is 356 g/mol. The molecule has 0 aromatic heterocycles. The molecule has 0 saturated carbocycles. The topological polar surface area (TPSA) is 58.2 Å². The first-order valence-corrected chi connectivity index (χ1v) is 8.63. The van der Waals surface area contributed by atoms with Crippen LogP contribution in [0.5, 0.6) is 0 Å². The van der Waals surface area contributed by atoms with E-state index in [1.165, 1.54) is 6.08 Å². The average Bonchev–Trinajstić information content (AvgIpc) is 2.69. The molecule has 4 nitrogen and oxygen atoms in total. The number of anilines is 2. The molecule has 0 spiro atoms. The van der Waals surface area contributed by atoms with Crippen molar-refractivity contribution in [2.75, 3.05) is 10.6 Å². The van der Waals surface area contributed by atoms with Crippen LogP contribution in [0.15, 0.2) is 84.9 Å². The molecule has 3 aromatic carbocycles. The fourth-order valence-corrected chi connectivity index (χ4v) is 2.58. The van der Waals surface area contributed by atoms with Crippen molar-refractivity contribution in [1.82, 2.24) is 0 Å². The lowest BCUT2D eigenvalue weighted by Gasteiger charge is -2.08. The van der Waals surface area contributed by atoms with Crippen LogP contribution < -0.4 is 10.6 Å². The van der Waals surface area contributed by atoms with Crippen LogP contribution in [-0.2, 0) is 4.79 Å². The first-order chi connectivity index (χ1) is 13.1. The Morgan fingerprint density at radius 2 is 1.33 bits per heavy atom. The Morgan fingerprint density at radius 3 is 2.00 bits per heavy atom. The van der Waals surface area contributed by atoms with E-state index in [2.05, 4.69) is 10.6 Å². The number of hydrogen-bond acceptors (Lipinski definition) is 2. The summed E-state index contributed by atoms with van der Waals surface area (Å²) in [6, 6.07) is 24.1. The molecule has 2 amide bonds. The summed E-state index contributed by atoms with van der Waals surface area (Å²) < 4.78 is 0. The minimum Gasteiger partial charge on any atom is -0.323 e. The summed E-state index contributed by atoms with van der Waals surface area (Å²) >= 11 is 0. The number of hydrogen-bond donors (Lipinski definition) is 2. The molecular weight excluding hydrogens is 336 g/mol. The van der Waals surface area contributed by atoms with Crippen LogP contribution in [0.1, 0.15) is 21.5 Å². The summed E-state index contributed by atoms with van der Waals surface area (Å²) in [6.45, 7) is 1.90. The Bertz CT molecular complexity index is 961. The molecule has 4 heteroatoms. The normalized spacial score (nSPS) is 10.6. The third-order valence-corrected chi connectivity index (χ3v) is 4.03. The molecule has 0 fully saturated rings. The minimum atomic E-state index is -0.212. The predicted molar refractivity (Wildman–Crippen MR) is 110 cm³/mol. The molecule has 134 valence electrons. The highest BCUT2D eigenvalue weighted by Crippen LogP contribution is 2.16. The van der Waals surface area contributed by atoms with Crippen LogP contribution in [0.4, 0.5) is 11.4 Å². The van der Waals surface area contributed by atoms with E-state index in [-0.39, 0.29) is 11.8 Å². The second-order valence-electron chi connectivity index (χ2n) is 6.08. The van der Waals surface area contributed by atoms with Gasteiger partial charge < -0.3 is 10.6 Å². The Morgan fingerprint density at radius 1 is 0.741 bits per heavy atom. The van der Waals surface area contributed by atoms with Gasteiger partial charge in [-0.2, -0.15) is 0 Å². The molecule has 3 rings (SSSR count). The SMILES string of the molecule is Cc1ccccc1C(=O)Nc1ccc(NC(=O)/C=C/c2ccccc2)cc1. The maximum Gasteiger partial charge on any atom is 0.255 e. The van der Waals surface area contributed by atoms with Crippen molar-refractivity contribution in [3.63, 3.8) is 0 Å². The van der Waals surface area contributed by atoms with E-state index in [1.807, 2.05) is 55.5 Å².